The molecule has 0 saturated carbocycles. The molecule has 2 atom stereocenters. The minimum absolute atomic E-state index is 0.0251. The molecule has 2 aromatic rings. The van der Waals surface area contributed by atoms with Crippen LogP contribution in [0, 0.1) is 0 Å². The lowest BCUT2D eigenvalue weighted by atomic mass is 10.1. The lowest BCUT2D eigenvalue weighted by Crippen LogP contribution is -2.43. The van der Waals surface area contributed by atoms with Crippen molar-refractivity contribution < 1.29 is 23.8 Å². The fourth-order valence-corrected chi connectivity index (χ4v) is 3.34. The van der Waals surface area contributed by atoms with Crippen molar-refractivity contribution in [2.24, 2.45) is 0 Å². The van der Waals surface area contributed by atoms with Crippen LogP contribution in [-0.4, -0.2) is 38.2 Å². The van der Waals surface area contributed by atoms with Gasteiger partial charge < -0.3 is 19.1 Å². The van der Waals surface area contributed by atoms with E-state index >= 15 is 0 Å². The van der Waals surface area contributed by atoms with E-state index in [1.54, 1.807) is 24.0 Å². The Bertz CT molecular complexity index is 863. The molecule has 1 amide bonds. The Morgan fingerprint density at radius 1 is 1.07 bits per heavy atom. The number of benzene rings is 2. The van der Waals surface area contributed by atoms with Gasteiger partial charge in [-0.25, -0.2) is 4.79 Å². The first kappa shape index (κ1) is 18.8. The first-order valence-corrected chi connectivity index (χ1v) is 8.80. The number of esters is 1. The van der Waals surface area contributed by atoms with Crippen molar-refractivity contribution in [3.8, 4) is 11.5 Å². The third kappa shape index (κ3) is 3.60. The quantitative estimate of drug-likeness (QED) is 0.757. The molecule has 6 nitrogen and oxygen atoms in total. The zero-order chi connectivity index (χ0) is 19.6. The Hall–Kier alpha value is -3.02. The highest BCUT2D eigenvalue weighted by Gasteiger charge is 2.34. The van der Waals surface area contributed by atoms with E-state index in [-0.39, 0.29) is 11.9 Å². The van der Waals surface area contributed by atoms with E-state index in [0.717, 1.165) is 17.7 Å². The van der Waals surface area contributed by atoms with Gasteiger partial charge in [0.1, 0.15) is 0 Å². The lowest BCUT2D eigenvalue weighted by molar-refractivity contribution is -0.126. The van der Waals surface area contributed by atoms with Gasteiger partial charge in [0.25, 0.3) is 5.91 Å². The molecule has 0 saturated heterocycles. The molecule has 1 aliphatic rings. The molecule has 0 aromatic heterocycles. The van der Waals surface area contributed by atoms with Crippen LogP contribution in [0.25, 0.3) is 0 Å². The highest BCUT2D eigenvalue weighted by atomic mass is 16.5. The van der Waals surface area contributed by atoms with Crippen molar-refractivity contribution in [2.75, 3.05) is 19.1 Å². The first-order chi connectivity index (χ1) is 13.0. The molecule has 0 spiro atoms. The molecule has 0 bridgehead atoms. The topological polar surface area (TPSA) is 65.1 Å². The minimum Gasteiger partial charge on any atom is -0.493 e. The molecule has 3 rings (SSSR count). The highest BCUT2D eigenvalue weighted by molar-refractivity contribution is 6.01. The van der Waals surface area contributed by atoms with Crippen molar-refractivity contribution in [1.82, 2.24) is 0 Å². The number of hydrogen-bond acceptors (Lipinski definition) is 5. The second-order valence-electron chi connectivity index (χ2n) is 6.51. The maximum absolute atomic E-state index is 12.9. The summed E-state index contributed by atoms with van der Waals surface area (Å²) in [6, 6.07) is 12.6. The molecule has 6 heteroatoms. The van der Waals surface area contributed by atoms with Gasteiger partial charge in [-0.3, -0.25) is 4.79 Å². The number of ether oxygens (including phenoxy) is 3. The van der Waals surface area contributed by atoms with E-state index in [4.69, 9.17) is 14.2 Å². The number of nitrogens with zero attached hydrogens (tertiary/aromatic N) is 1. The normalized spacial score (nSPS) is 16.4. The average molecular weight is 369 g/mol. The summed E-state index contributed by atoms with van der Waals surface area (Å²) < 4.78 is 15.8. The van der Waals surface area contributed by atoms with Crippen LogP contribution < -0.4 is 14.4 Å². The maximum Gasteiger partial charge on any atom is 0.339 e. The Labute approximate surface area is 158 Å². The first-order valence-electron chi connectivity index (χ1n) is 8.80. The summed E-state index contributed by atoms with van der Waals surface area (Å²) in [7, 11) is 3.01. The van der Waals surface area contributed by atoms with E-state index in [9.17, 15) is 9.59 Å². The summed E-state index contributed by atoms with van der Waals surface area (Å²) in [5, 5.41) is 0. The second-order valence-corrected chi connectivity index (χ2v) is 6.51. The Balaban J connectivity index is 1.74. The third-order valence-corrected chi connectivity index (χ3v) is 4.70. The number of anilines is 1. The van der Waals surface area contributed by atoms with Crippen LogP contribution in [0.5, 0.6) is 11.5 Å². The smallest absolute Gasteiger partial charge is 0.339 e. The molecule has 27 heavy (non-hydrogen) atoms. The SMILES string of the molecule is COc1ccc(C(=O)O[C@H](C)C(=O)N2c3ccccc3C[C@@H]2C)cc1OC. The third-order valence-electron chi connectivity index (χ3n) is 4.70. The van der Waals surface area contributed by atoms with Crippen LogP contribution in [-0.2, 0) is 16.0 Å². The standard InChI is InChI=1S/C21H23NO5/c1-13-11-15-7-5-6-8-17(15)22(13)20(23)14(2)27-21(24)16-9-10-18(25-3)19(12-16)26-4/h5-10,12-14H,11H2,1-4H3/t13-,14+/m0/s1. The number of fused-ring (bicyclic) bond motifs is 1. The van der Waals surface area contributed by atoms with Gasteiger partial charge >= 0.3 is 5.97 Å². The van der Waals surface area contributed by atoms with E-state index in [2.05, 4.69) is 0 Å². The average Bonchev–Trinajstić information content (AvgIpc) is 3.02. The van der Waals surface area contributed by atoms with Gasteiger partial charge in [0, 0.05) is 11.7 Å². The van der Waals surface area contributed by atoms with Crippen molar-refractivity contribution in [1.29, 1.82) is 0 Å². The van der Waals surface area contributed by atoms with Gasteiger partial charge in [-0.15, -0.1) is 0 Å². The van der Waals surface area contributed by atoms with Gasteiger partial charge in [-0.1, -0.05) is 18.2 Å². The lowest BCUT2D eigenvalue weighted by Gasteiger charge is -2.26. The van der Waals surface area contributed by atoms with Crippen LogP contribution >= 0.6 is 0 Å². The molecule has 2 aromatic carbocycles. The fourth-order valence-electron chi connectivity index (χ4n) is 3.34. The predicted molar refractivity (Wildman–Crippen MR) is 102 cm³/mol. The number of para-hydroxylation sites is 1. The molecule has 1 aliphatic heterocycles. The van der Waals surface area contributed by atoms with Crippen molar-refractivity contribution in [3.05, 3.63) is 53.6 Å². The Morgan fingerprint density at radius 3 is 2.48 bits per heavy atom. The number of hydrogen-bond donors (Lipinski definition) is 0. The molecule has 0 fully saturated rings. The van der Waals surface area contributed by atoms with Gasteiger partial charge in [0.2, 0.25) is 0 Å². The number of rotatable bonds is 5. The van der Waals surface area contributed by atoms with E-state index in [1.165, 1.54) is 20.3 Å². The summed E-state index contributed by atoms with van der Waals surface area (Å²) in [4.78, 5) is 27.1. The number of carbonyl (C=O) groups is 2. The minimum atomic E-state index is -0.904. The number of methoxy groups -OCH3 is 2. The van der Waals surface area contributed by atoms with E-state index in [1.807, 2.05) is 31.2 Å². The number of amides is 1. The molecule has 1 heterocycles. The van der Waals surface area contributed by atoms with Crippen LogP contribution in [0.2, 0.25) is 0 Å². The van der Waals surface area contributed by atoms with Gasteiger partial charge in [0.05, 0.1) is 19.8 Å². The van der Waals surface area contributed by atoms with Crippen LogP contribution in [0.4, 0.5) is 5.69 Å². The zero-order valence-corrected chi connectivity index (χ0v) is 15.9. The van der Waals surface area contributed by atoms with Gasteiger partial charge in [-0.2, -0.15) is 0 Å². The summed E-state index contributed by atoms with van der Waals surface area (Å²) in [6.45, 7) is 3.58. The summed E-state index contributed by atoms with van der Waals surface area (Å²) >= 11 is 0. The molecule has 142 valence electrons. The maximum atomic E-state index is 12.9. The fraction of sp³-hybridized carbons (Fsp3) is 0.333. The monoisotopic (exact) mass is 369 g/mol. The van der Waals surface area contributed by atoms with Crippen molar-refractivity contribution in [2.45, 2.75) is 32.4 Å². The Kier molecular flexibility index (Phi) is 5.35. The van der Waals surface area contributed by atoms with E-state index in [0.29, 0.717) is 17.1 Å². The summed E-state index contributed by atoms with van der Waals surface area (Å²) in [6.07, 6.45) is -0.114. The zero-order valence-electron chi connectivity index (χ0n) is 15.9. The largest absolute Gasteiger partial charge is 0.493 e. The predicted octanol–water partition coefficient (Wildman–Crippen LogP) is 3.23. The summed E-state index contributed by atoms with van der Waals surface area (Å²) in [5.41, 5.74) is 2.29. The highest BCUT2D eigenvalue weighted by Crippen LogP contribution is 2.33. The molecule has 0 N–H and O–H groups in total. The molecule has 0 radical (unpaired) electrons. The molecule has 0 aliphatic carbocycles. The molecular weight excluding hydrogens is 346 g/mol. The second kappa shape index (κ2) is 7.70. The Morgan fingerprint density at radius 2 is 1.78 bits per heavy atom. The van der Waals surface area contributed by atoms with E-state index < -0.39 is 12.1 Å². The van der Waals surface area contributed by atoms with Crippen LogP contribution in [0.15, 0.2) is 42.5 Å². The molecule has 0 unspecified atom stereocenters. The van der Waals surface area contributed by atoms with Crippen molar-refractivity contribution >= 4 is 17.6 Å². The van der Waals surface area contributed by atoms with Gasteiger partial charge in [-0.05, 0) is 50.1 Å². The van der Waals surface area contributed by atoms with Crippen molar-refractivity contribution in [3.63, 3.8) is 0 Å². The van der Waals surface area contributed by atoms with Gasteiger partial charge in [0.15, 0.2) is 17.6 Å². The van der Waals surface area contributed by atoms with Crippen LogP contribution in [0.1, 0.15) is 29.8 Å². The summed E-state index contributed by atoms with van der Waals surface area (Å²) in [5.74, 6) is 0.118. The number of carbonyl (C=O) groups excluding carboxylic acids is 2. The van der Waals surface area contributed by atoms with Crippen LogP contribution in [0.3, 0.4) is 0 Å². The molecular formula is C21H23NO5.